The standard InChI is InChI=1S/C11H13BrN2O/c1-14(2)13-7-6-11(15)9-4-3-5-10(12)8-9/h3-8,13H,1-2H3/b7-6-. The fourth-order valence-corrected chi connectivity index (χ4v) is 1.40. The first-order valence-electron chi connectivity index (χ1n) is 4.49. The van der Waals surface area contributed by atoms with Crippen LogP contribution in [-0.4, -0.2) is 24.9 Å². The fourth-order valence-electron chi connectivity index (χ4n) is 1.000. The van der Waals surface area contributed by atoms with Gasteiger partial charge in [0, 0.05) is 36.4 Å². The van der Waals surface area contributed by atoms with E-state index in [-0.39, 0.29) is 5.78 Å². The molecular formula is C11H13BrN2O. The molecule has 0 atom stereocenters. The van der Waals surface area contributed by atoms with Gasteiger partial charge in [-0.2, -0.15) is 0 Å². The van der Waals surface area contributed by atoms with E-state index in [1.54, 1.807) is 23.3 Å². The third kappa shape index (κ3) is 4.27. The van der Waals surface area contributed by atoms with Crippen LogP contribution in [0.2, 0.25) is 0 Å². The SMILES string of the molecule is CN(C)N/C=C\C(=O)c1cccc(Br)c1. The number of hydrazine groups is 1. The average Bonchev–Trinajstić information content (AvgIpc) is 2.17. The molecular weight excluding hydrogens is 256 g/mol. The third-order valence-corrected chi connectivity index (χ3v) is 2.17. The molecule has 0 heterocycles. The summed E-state index contributed by atoms with van der Waals surface area (Å²) in [5.74, 6) is -0.0225. The normalized spacial score (nSPS) is 10.9. The van der Waals surface area contributed by atoms with Crippen LogP contribution in [0, 0.1) is 0 Å². The van der Waals surface area contributed by atoms with Crippen LogP contribution in [-0.2, 0) is 0 Å². The molecule has 3 nitrogen and oxygen atoms in total. The summed E-state index contributed by atoms with van der Waals surface area (Å²) in [5, 5.41) is 1.75. The van der Waals surface area contributed by atoms with Gasteiger partial charge in [-0.05, 0) is 12.1 Å². The average molecular weight is 269 g/mol. The Kier molecular flexibility index (Phi) is 4.52. The van der Waals surface area contributed by atoms with Crippen LogP contribution in [0.1, 0.15) is 10.4 Å². The van der Waals surface area contributed by atoms with E-state index in [1.807, 2.05) is 26.2 Å². The number of hydrogen-bond donors (Lipinski definition) is 1. The minimum Gasteiger partial charge on any atom is -0.327 e. The second-order valence-electron chi connectivity index (χ2n) is 3.23. The van der Waals surface area contributed by atoms with Gasteiger partial charge in [0.2, 0.25) is 0 Å². The Bertz CT molecular complexity index is 375. The molecule has 0 bridgehead atoms. The van der Waals surface area contributed by atoms with Crippen molar-refractivity contribution in [2.45, 2.75) is 0 Å². The van der Waals surface area contributed by atoms with E-state index in [0.29, 0.717) is 5.56 Å². The fraction of sp³-hybridized carbons (Fsp3) is 0.182. The molecule has 0 aliphatic heterocycles. The van der Waals surface area contributed by atoms with E-state index < -0.39 is 0 Å². The number of halogens is 1. The third-order valence-electron chi connectivity index (χ3n) is 1.68. The topological polar surface area (TPSA) is 32.3 Å². The minimum absolute atomic E-state index is 0.0225. The number of nitrogens with zero attached hydrogens (tertiary/aromatic N) is 1. The highest BCUT2D eigenvalue weighted by molar-refractivity contribution is 9.10. The summed E-state index contributed by atoms with van der Waals surface area (Å²) in [6.45, 7) is 0. The van der Waals surface area contributed by atoms with Gasteiger partial charge < -0.3 is 5.43 Å². The van der Waals surface area contributed by atoms with Gasteiger partial charge in [-0.1, -0.05) is 28.1 Å². The summed E-state index contributed by atoms with van der Waals surface area (Å²) in [7, 11) is 3.71. The summed E-state index contributed by atoms with van der Waals surface area (Å²) in [4.78, 5) is 11.6. The van der Waals surface area contributed by atoms with Gasteiger partial charge >= 0.3 is 0 Å². The Balaban J connectivity index is 2.65. The van der Waals surface area contributed by atoms with Crippen LogP contribution in [0.15, 0.2) is 41.0 Å². The van der Waals surface area contributed by atoms with E-state index in [1.165, 1.54) is 6.08 Å². The Hall–Kier alpha value is -1.13. The number of carbonyl (C=O) groups excluding carboxylic acids is 1. The molecule has 0 radical (unpaired) electrons. The number of benzene rings is 1. The first kappa shape index (κ1) is 11.9. The van der Waals surface area contributed by atoms with Crippen LogP contribution in [0.3, 0.4) is 0 Å². The quantitative estimate of drug-likeness (QED) is 0.516. The highest BCUT2D eigenvalue weighted by Crippen LogP contribution is 2.12. The molecule has 0 fully saturated rings. The van der Waals surface area contributed by atoms with Gasteiger partial charge in [0.05, 0.1) is 0 Å². The van der Waals surface area contributed by atoms with Gasteiger partial charge in [-0.25, -0.2) is 5.01 Å². The first-order chi connectivity index (χ1) is 7.09. The maximum Gasteiger partial charge on any atom is 0.187 e. The van der Waals surface area contributed by atoms with E-state index in [0.717, 1.165) is 4.47 Å². The van der Waals surface area contributed by atoms with Gasteiger partial charge in [-0.15, -0.1) is 0 Å². The van der Waals surface area contributed by atoms with Crippen LogP contribution in [0.25, 0.3) is 0 Å². The van der Waals surface area contributed by atoms with E-state index in [4.69, 9.17) is 0 Å². The second kappa shape index (κ2) is 5.68. The predicted octanol–water partition coefficient (Wildman–Crippen LogP) is 2.21. The van der Waals surface area contributed by atoms with Crippen molar-refractivity contribution in [3.63, 3.8) is 0 Å². The zero-order chi connectivity index (χ0) is 11.3. The number of rotatable bonds is 4. The monoisotopic (exact) mass is 268 g/mol. The van der Waals surface area contributed by atoms with Crippen molar-refractivity contribution in [1.29, 1.82) is 0 Å². The van der Waals surface area contributed by atoms with Crippen molar-refractivity contribution in [1.82, 2.24) is 10.4 Å². The zero-order valence-corrected chi connectivity index (χ0v) is 10.3. The molecule has 0 amide bonds. The Morgan fingerprint density at radius 2 is 2.20 bits per heavy atom. The molecule has 0 aromatic heterocycles. The molecule has 0 unspecified atom stereocenters. The lowest BCUT2D eigenvalue weighted by Crippen LogP contribution is -2.24. The predicted molar refractivity (Wildman–Crippen MR) is 64.4 cm³/mol. The lowest BCUT2D eigenvalue weighted by molar-refractivity contribution is 0.104. The number of hydrogen-bond acceptors (Lipinski definition) is 3. The van der Waals surface area contributed by atoms with Crippen molar-refractivity contribution in [2.75, 3.05) is 14.1 Å². The van der Waals surface area contributed by atoms with Crippen molar-refractivity contribution in [3.8, 4) is 0 Å². The van der Waals surface area contributed by atoms with Crippen LogP contribution in [0.4, 0.5) is 0 Å². The van der Waals surface area contributed by atoms with Crippen LogP contribution < -0.4 is 5.43 Å². The van der Waals surface area contributed by atoms with Crippen molar-refractivity contribution in [2.24, 2.45) is 0 Å². The van der Waals surface area contributed by atoms with Gasteiger partial charge in [0.1, 0.15) is 0 Å². The molecule has 15 heavy (non-hydrogen) atoms. The Morgan fingerprint density at radius 1 is 1.47 bits per heavy atom. The number of allylic oxidation sites excluding steroid dienone is 1. The van der Waals surface area contributed by atoms with Crippen LogP contribution in [0.5, 0.6) is 0 Å². The van der Waals surface area contributed by atoms with Crippen molar-refractivity contribution >= 4 is 21.7 Å². The summed E-state index contributed by atoms with van der Waals surface area (Å²) in [5.41, 5.74) is 3.55. The molecule has 80 valence electrons. The Morgan fingerprint density at radius 3 is 2.80 bits per heavy atom. The highest BCUT2D eigenvalue weighted by Gasteiger charge is 2.00. The maximum absolute atomic E-state index is 11.6. The molecule has 0 aliphatic rings. The second-order valence-corrected chi connectivity index (χ2v) is 4.15. The van der Waals surface area contributed by atoms with Gasteiger partial charge in [0.15, 0.2) is 5.78 Å². The molecule has 0 spiro atoms. The highest BCUT2D eigenvalue weighted by atomic mass is 79.9. The molecule has 1 N–H and O–H groups in total. The summed E-state index contributed by atoms with van der Waals surface area (Å²) in [6, 6.07) is 7.30. The van der Waals surface area contributed by atoms with E-state index in [2.05, 4.69) is 21.4 Å². The minimum atomic E-state index is -0.0225. The number of nitrogens with one attached hydrogen (secondary N) is 1. The molecule has 4 heteroatoms. The molecule has 0 saturated heterocycles. The molecule has 1 aromatic carbocycles. The Labute approximate surface area is 97.9 Å². The van der Waals surface area contributed by atoms with E-state index >= 15 is 0 Å². The molecule has 0 aliphatic carbocycles. The van der Waals surface area contributed by atoms with E-state index in [9.17, 15) is 4.79 Å². The lowest BCUT2D eigenvalue weighted by atomic mass is 10.1. The van der Waals surface area contributed by atoms with Crippen LogP contribution >= 0.6 is 15.9 Å². The van der Waals surface area contributed by atoms with Gasteiger partial charge in [0.25, 0.3) is 0 Å². The first-order valence-corrected chi connectivity index (χ1v) is 5.29. The zero-order valence-electron chi connectivity index (χ0n) is 8.70. The molecule has 0 saturated carbocycles. The van der Waals surface area contributed by atoms with Crippen molar-refractivity contribution < 1.29 is 4.79 Å². The summed E-state index contributed by atoms with van der Waals surface area (Å²) in [6.07, 6.45) is 3.12. The van der Waals surface area contributed by atoms with Crippen molar-refractivity contribution in [3.05, 3.63) is 46.6 Å². The maximum atomic E-state index is 11.6. The largest absolute Gasteiger partial charge is 0.327 e. The summed E-state index contributed by atoms with van der Waals surface area (Å²) >= 11 is 3.32. The smallest absolute Gasteiger partial charge is 0.187 e. The lowest BCUT2D eigenvalue weighted by Gasteiger charge is -2.07. The number of ketones is 1. The summed E-state index contributed by atoms with van der Waals surface area (Å²) < 4.78 is 0.905. The van der Waals surface area contributed by atoms with Gasteiger partial charge in [-0.3, -0.25) is 4.79 Å². The molecule has 1 aromatic rings. The number of carbonyl (C=O) groups is 1. The molecule has 1 rings (SSSR count).